The first kappa shape index (κ1) is 50.8. The van der Waals surface area contributed by atoms with E-state index in [4.69, 9.17) is 0 Å². The highest BCUT2D eigenvalue weighted by Gasteiger charge is 2.28. The minimum atomic E-state index is -1.28. The van der Waals surface area contributed by atoms with Crippen LogP contribution in [0.25, 0.3) is 0 Å². The lowest BCUT2D eigenvalue weighted by Gasteiger charge is -2.27. The summed E-state index contributed by atoms with van der Waals surface area (Å²) in [6.45, 7) is 4.04. The third-order valence-electron chi connectivity index (χ3n) is 10.6. The number of aliphatic hydroxyl groups excluding tert-OH is 4. The van der Waals surface area contributed by atoms with Gasteiger partial charge in [0.15, 0.2) is 0 Å². The lowest BCUT2D eigenvalue weighted by molar-refractivity contribution is -0.132. The molecule has 0 aromatic carbocycles. The van der Waals surface area contributed by atoms with Crippen molar-refractivity contribution in [2.24, 2.45) is 0 Å². The summed E-state index contributed by atoms with van der Waals surface area (Å²) in [4.78, 5) is 12.5. The molecule has 0 rings (SSSR count). The molecule has 6 nitrogen and oxygen atoms in total. The van der Waals surface area contributed by atoms with Crippen LogP contribution in [0.2, 0.25) is 0 Å². The number of rotatable bonds is 41. The Morgan fingerprint density at radius 3 is 1.15 bits per heavy atom. The number of carbonyl (C=O) groups excluding carboxylic acids is 1. The maximum absolute atomic E-state index is 12.5. The molecule has 5 N–H and O–H groups in total. The fourth-order valence-electron chi connectivity index (χ4n) is 6.99. The van der Waals surface area contributed by atoms with Crippen LogP contribution in [0.1, 0.15) is 232 Å². The molecule has 0 spiro atoms. The number of hydrogen-bond donors (Lipinski definition) is 5. The molecular weight excluding hydrogens is 647 g/mol. The summed E-state index contributed by atoms with van der Waals surface area (Å²) in [6, 6.07) is -1.00. The molecule has 0 aromatic heterocycles. The van der Waals surface area contributed by atoms with E-state index in [-0.39, 0.29) is 0 Å². The van der Waals surface area contributed by atoms with Crippen LogP contribution in [0.3, 0.4) is 0 Å². The Morgan fingerprint density at radius 1 is 0.462 bits per heavy atom. The molecule has 0 aliphatic rings. The molecule has 0 fully saturated rings. The summed E-state index contributed by atoms with van der Waals surface area (Å²) in [5.41, 5.74) is 0. The average molecular weight is 736 g/mol. The van der Waals surface area contributed by atoms with Crippen molar-refractivity contribution in [3.63, 3.8) is 0 Å². The highest BCUT2D eigenvalue weighted by molar-refractivity contribution is 5.80. The Balaban J connectivity index is 3.78. The van der Waals surface area contributed by atoms with E-state index in [1.54, 1.807) is 0 Å². The average Bonchev–Trinajstić information content (AvgIpc) is 3.15. The number of amides is 1. The van der Waals surface area contributed by atoms with Gasteiger partial charge in [-0.1, -0.05) is 192 Å². The number of allylic oxidation sites excluding steroid dienone is 4. The topological polar surface area (TPSA) is 110 Å². The fraction of sp³-hybridized carbons (Fsp3) is 0.891. The fourth-order valence-corrected chi connectivity index (χ4v) is 6.99. The second kappa shape index (κ2) is 41.0. The zero-order valence-electron chi connectivity index (χ0n) is 34.6. The van der Waals surface area contributed by atoms with Crippen molar-refractivity contribution >= 4 is 5.91 Å². The molecule has 0 heterocycles. The van der Waals surface area contributed by atoms with Gasteiger partial charge in [-0.15, -0.1) is 0 Å². The number of unbranched alkanes of at least 4 members (excludes halogenated alkanes) is 28. The third kappa shape index (κ3) is 34.6. The number of aliphatic hydroxyl groups is 4. The van der Waals surface area contributed by atoms with Crippen molar-refractivity contribution in [1.29, 1.82) is 0 Å². The lowest BCUT2D eigenvalue weighted by Crippen LogP contribution is -2.53. The highest BCUT2D eigenvalue weighted by Crippen LogP contribution is 2.15. The van der Waals surface area contributed by atoms with Crippen LogP contribution in [0.5, 0.6) is 0 Å². The monoisotopic (exact) mass is 736 g/mol. The molecule has 0 aliphatic heterocycles. The van der Waals surface area contributed by atoms with Gasteiger partial charge < -0.3 is 25.7 Å². The molecule has 4 atom stereocenters. The van der Waals surface area contributed by atoms with Crippen LogP contribution in [-0.2, 0) is 4.79 Å². The summed E-state index contributed by atoms with van der Waals surface area (Å²) in [7, 11) is 0. The number of carbonyl (C=O) groups is 1. The van der Waals surface area contributed by atoms with Crippen molar-refractivity contribution in [3.05, 3.63) is 24.3 Å². The zero-order valence-corrected chi connectivity index (χ0v) is 34.6. The van der Waals surface area contributed by atoms with Gasteiger partial charge in [-0.3, -0.25) is 4.79 Å². The van der Waals surface area contributed by atoms with Crippen LogP contribution in [0.4, 0.5) is 0 Å². The third-order valence-corrected chi connectivity index (χ3v) is 10.6. The number of hydrogen-bond acceptors (Lipinski definition) is 5. The first-order valence-corrected chi connectivity index (χ1v) is 22.7. The van der Waals surface area contributed by atoms with Crippen LogP contribution in [0, 0.1) is 0 Å². The van der Waals surface area contributed by atoms with Crippen LogP contribution >= 0.6 is 0 Å². The van der Waals surface area contributed by atoms with E-state index in [9.17, 15) is 25.2 Å². The molecule has 0 aliphatic carbocycles. The van der Waals surface area contributed by atoms with Crippen LogP contribution in [-0.4, -0.2) is 57.3 Å². The maximum Gasteiger partial charge on any atom is 0.249 e. The predicted molar refractivity (Wildman–Crippen MR) is 224 cm³/mol. The van der Waals surface area contributed by atoms with Crippen molar-refractivity contribution in [2.45, 2.75) is 257 Å². The summed E-state index contributed by atoms with van der Waals surface area (Å²) in [5, 5.41) is 43.7. The summed E-state index contributed by atoms with van der Waals surface area (Å²) < 4.78 is 0. The summed E-state index contributed by atoms with van der Waals surface area (Å²) in [6.07, 6.45) is 46.4. The predicted octanol–water partition coefficient (Wildman–Crippen LogP) is 12.0. The Labute approximate surface area is 323 Å². The van der Waals surface area contributed by atoms with Crippen molar-refractivity contribution < 1.29 is 25.2 Å². The van der Waals surface area contributed by atoms with Gasteiger partial charge in [0.25, 0.3) is 0 Å². The smallest absolute Gasteiger partial charge is 0.249 e. The molecule has 6 heteroatoms. The molecule has 0 saturated heterocycles. The molecule has 1 amide bonds. The standard InChI is InChI=1S/C46H89NO5/c1-3-5-7-9-11-13-15-17-19-21-22-24-25-27-29-31-33-35-37-39-43(49)45(51)42(41-48)47-46(52)44(50)40-38-36-34-32-30-28-26-23-20-18-16-14-12-10-8-6-4-2/h26,28,31,33,42-45,48-51H,3-25,27,29-30,32,34-41H2,1-2H3,(H,47,52)/b28-26-,33-31+. The minimum absolute atomic E-state index is 0.350. The quantitative estimate of drug-likeness (QED) is 0.0317. The van der Waals surface area contributed by atoms with Crippen molar-refractivity contribution in [1.82, 2.24) is 5.32 Å². The summed E-state index contributed by atoms with van der Waals surface area (Å²) in [5.74, 6) is -0.601. The lowest BCUT2D eigenvalue weighted by atomic mass is 10.00. The van der Waals surface area contributed by atoms with Gasteiger partial charge in [-0.05, 0) is 64.2 Å². The number of nitrogens with one attached hydrogen (secondary N) is 1. The zero-order chi connectivity index (χ0) is 38.2. The first-order valence-electron chi connectivity index (χ1n) is 22.7. The van der Waals surface area contributed by atoms with Crippen LogP contribution < -0.4 is 5.32 Å². The Morgan fingerprint density at radius 2 is 0.788 bits per heavy atom. The minimum Gasteiger partial charge on any atom is -0.394 e. The molecule has 52 heavy (non-hydrogen) atoms. The van der Waals surface area contributed by atoms with Gasteiger partial charge in [-0.25, -0.2) is 0 Å². The molecule has 0 aromatic rings. The maximum atomic E-state index is 12.5. The van der Waals surface area contributed by atoms with E-state index in [2.05, 4.69) is 43.5 Å². The van der Waals surface area contributed by atoms with E-state index in [1.807, 2.05) is 0 Å². The van der Waals surface area contributed by atoms with E-state index in [0.29, 0.717) is 12.8 Å². The van der Waals surface area contributed by atoms with Crippen molar-refractivity contribution in [2.75, 3.05) is 6.61 Å². The molecule has 308 valence electrons. The molecule has 4 unspecified atom stereocenters. The second-order valence-electron chi connectivity index (χ2n) is 15.7. The molecule has 0 saturated carbocycles. The first-order chi connectivity index (χ1) is 25.5. The van der Waals surface area contributed by atoms with Gasteiger partial charge in [0.1, 0.15) is 12.2 Å². The van der Waals surface area contributed by atoms with Gasteiger partial charge in [0, 0.05) is 0 Å². The Bertz CT molecular complexity index is 787. The highest BCUT2D eigenvalue weighted by atomic mass is 16.3. The van der Waals surface area contributed by atoms with E-state index in [1.165, 1.54) is 154 Å². The van der Waals surface area contributed by atoms with Crippen LogP contribution in [0.15, 0.2) is 24.3 Å². The Kier molecular flexibility index (Phi) is 40.0. The molecule has 0 radical (unpaired) electrons. The van der Waals surface area contributed by atoms with Gasteiger partial charge >= 0.3 is 0 Å². The van der Waals surface area contributed by atoms with Crippen molar-refractivity contribution in [3.8, 4) is 0 Å². The summed E-state index contributed by atoms with van der Waals surface area (Å²) >= 11 is 0. The van der Waals surface area contributed by atoms with E-state index >= 15 is 0 Å². The van der Waals surface area contributed by atoms with Gasteiger partial charge in [0.05, 0.1) is 18.8 Å². The van der Waals surface area contributed by atoms with Gasteiger partial charge in [-0.2, -0.15) is 0 Å². The van der Waals surface area contributed by atoms with E-state index in [0.717, 1.165) is 51.4 Å². The SMILES string of the molecule is CCCCCCCCCCC/C=C\CCCCCCC(O)C(=O)NC(CO)C(O)C(O)CCC/C=C/CCCCCCCCCCCCCCCC. The molecule has 0 bridgehead atoms. The molecular formula is C46H89NO5. The van der Waals surface area contributed by atoms with E-state index < -0.39 is 36.9 Å². The second-order valence-corrected chi connectivity index (χ2v) is 15.7. The Hall–Kier alpha value is -1.21. The largest absolute Gasteiger partial charge is 0.394 e. The van der Waals surface area contributed by atoms with Gasteiger partial charge in [0.2, 0.25) is 5.91 Å². The normalized spacial score (nSPS) is 14.3.